The Morgan fingerprint density at radius 3 is 2.60 bits per heavy atom. The largest absolute Gasteiger partial charge is 0.381 e. The highest BCUT2D eigenvalue weighted by Gasteiger charge is 2.22. The van der Waals surface area contributed by atoms with Crippen molar-refractivity contribution in [2.75, 3.05) is 32.8 Å². The molecular formula is C12H24N2O. The standard InChI is InChI=1S/C12H24N2O/c1-10-7-14(8-11(2)13-10)5-3-12-4-6-15-9-12/h10-13H,3-9H2,1-2H3. The molecule has 15 heavy (non-hydrogen) atoms. The lowest BCUT2D eigenvalue weighted by Gasteiger charge is -2.36. The third kappa shape index (κ3) is 3.44. The number of ether oxygens (including phenoxy) is 1. The molecule has 2 fully saturated rings. The predicted molar refractivity (Wildman–Crippen MR) is 62.0 cm³/mol. The average molecular weight is 212 g/mol. The van der Waals surface area contributed by atoms with E-state index in [0.717, 1.165) is 19.1 Å². The summed E-state index contributed by atoms with van der Waals surface area (Å²) in [7, 11) is 0. The molecule has 0 saturated carbocycles. The maximum Gasteiger partial charge on any atom is 0.0495 e. The molecule has 2 saturated heterocycles. The minimum absolute atomic E-state index is 0.647. The van der Waals surface area contributed by atoms with E-state index < -0.39 is 0 Å². The van der Waals surface area contributed by atoms with E-state index in [1.807, 2.05) is 0 Å². The van der Waals surface area contributed by atoms with E-state index in [9.17, 15) is 0 Å². The Hall–Kier alpha value is -0.120. The molecule has 0 spiro atoms. The van der Waals surface area contributed by atoms with E-state index in [2.05, 4.69) is 24.1 Å². The van der Waals surface area contributed by atoms with E-state index in [1.54, 1.807) is 0 Å². The molecule has 3 nitrogen and oxygen atoms in total. The van der Waals surface area contributed by atoms with Crippen molar-refractivity contribution in [1.29, 1.82) is 0 Å². The summed E-state index contributed by atoms with van der Waals surface area (Å²) >= 11 is 0. The highest BCUT2D eigenvalue weighted by atomic mass is 16.5. The van der Waals surface area contributed by atoms with Crippen LogP contribution in [0.5, 0.6) is 0 Å². The van der Waals surface area contributed by atoms with Gasteiger partial charge in [-0.1, -0.05) is 0 Å². The Labute approximate surface area is 93.2 Å². The van der Waals surface area contributed by atoms with Crippen molar-refractivity contribution in [2.24, 2.45) is 5.92 Å². The molecular weight excluding hydrogens is 188 g/mol. The van der Waals surface area contributed by atoms with Gasteiger partial charge in [0.15, 0.2) is 0 Å². The smallest absolute Gasteiger partial charge is 0.0495 e. The number of nitrogens with one attached hydrogen (secondary N) is 1. The van der Waals surface area contributed by atoms with Crippen LogP contribution in [-0.4, -0.2) is 49.8 Å². The number of hydrogen-bond donors (Lipinski definition) is 1. The molecule has 3 unspecified atom stereocenters. The lowest BCUT2D eigenvalue weighted by Crippen LogP contribution is -2.54. The average Bonchev–Trinajstić information content (AvgIpc) is 2.65. The molecule has 1 N–H and O–H groups in total. The SMILES string of the molecule is CC1CN(CCC2CCOC2)CC(C)N1. The van der Waals surface area contributed by atoms with Crippen LogP contribution in [0, 0.1) is 5.92 Å². The number of piperazine rings is 1. The molecule has 3 heteroatoms. The van der Waals surface area contributed by atoms with Gasteiger partial charge in [0, 0.05) is 38.4 Å². The van der Waals surface area contributed by atoms with Gasteiger partial charge in [-0.25, -0.2) is 0 Å². The summed E-state index contributed by atoms with van der Waals surface area (Å²) in [6.45, 7) is 10.2. The van der Waals surface area contributed by atoms with E-state index in [4.69, 9.17) is 4.74 Å². The van der Waals surface area contributed by atoms with Gasteiger partial charge in [-0.05, 0) is 39.2 Å². The molecule has 2 aliphatic heterocycles. The van der Waals surface area contributed by atoms with Crippen LogP contribution in [-0.2, 0) is 4.74 Å². The molecule has 0 aromatic rings. The third-order valence-electron chi connectivity index (χ3n) is 3.51. The fourth-order valence-corrected chi connectivity index (χ4v) is 2.80. The lowest BCUT2D eigenvalue weighted by molar-refractivity contribution is 0.153. The summed E-state index contributed by atoms with van der Waals surface area (Å²) in [6.07, 6.45) is 2.59. The Kier molecular flexibility index (Phi) is 4.00. The molecule has 2 heterocycles. The van der Waals surface area contributed by atoms with Crippen LogP contribution in [0.25, 0.3) is 0 Å². The first-order chi connectivity index (χ1) is 7.24. The van der Waals surface area contributed by atoms with Crippen molar-refractivity contribution in [2.45, 2.75) is 38.8 Å². The van der Waals surface area contributed by atoms with Gasteiger partial charge in [0.05, 0.1) is 0 Å². The zero-order chi connectivity index (χ0) is 10.7. The summed E-state index contributed by atoms with van der Waals surface area (Å²) in [5.74, 6) is 0.825. The molecule has 0 bridgehead atoms. The van der Waals surface area contributed by atoms with E-state index >= 15 is 0 Å². The number of hydrogen-bond acceptors (Lipinski definition) is 3. The second-order valence-corrected chi connectivity index (χ2v) is 5.25. The molecule has 0 aliphatic carbocycles. The van der Waals surface area contributed by atoms with E-state index in [0.29, 0.717) is 12.1 Å². The first-order valence-electron chi connectivity index (χ1n) is 6.30. The van der Waals surface area contributed by atoms with Gasteiger partial charge in [0.25, 0.3) is 0 Å². The highest BCUT2D eigenvalue weighted by Crippen LogP contribution is 2.17. The van der Waals surface area contributed by atoms with Gasteiger partial charge < -0.3 is 15.0 Å². The van der Waals surface area contributed by atoms with Crippen molar-refractivity contribution >= 4 is 0 Å². The molecule has 0 aromatic carbocycles. The van der Waals surface area contributed by atoms with Crippen LogP contribution in [0.1, 0.15) is 26.7 Å². The van der Waals surface area contributed by atoms with Gasteiger partial charge >= 0.3 is 0 Å². The quantitative estimate of drug-likeness (QED) is 0.758. The number of rotatable bonds is 3. The fourth-order valence-electron chi connectivity index (χ4n) is 2.80. The fraction of sp³-hybridized carbons (Fsp3) is 1.00. The van der Waals surface area contributed by atoms with Crippen molar-refractivity contribution in [1.82, 2.24) is 10.2 Å². The second kappa shape index (κ2) is 5.28. The predicted octanol–water partition coefficient (Wildman–Crippen LogP) is 1.10. The van der Waals surface area contributed by atoms with Crippen molar-refractivity contribution < 1.29 is 4.74 Å². The molecule has 88 valence electrons. The Balaban J connectivity index is 1.69. The van der Waals surface area contributed by atoms with Crippen LogP contribution in [0.15, 0.2) is 0 Å². The minimum atomic E-state index is 0.647. The van der Waals surface area contributed by atoms with Crippen molar-refractivity contribution in [3.8, 4) is 0 Å². The lowest BCUT2D eigenvalue weighted by atomic mass is 10.0. The van der Waals surface area contributed by atoms with Crippen molar-refractivity contribution in [3.05, 3.63) is 0 Å². The van der Waals surface area contributed by atoms with E-state index in [1.165, 1.54) is 32.5 Å². The van der Waals surface area contributed by atoms with Crippen LogP contribution in [0.2, 0.25) is 0 Å². The molecule has 0 aromatic heterocycles. The third-order valence-corrected chi connectivity index (χ3v) is 3.51. The normalized spacial score (nSPS) is 38.4. The van der Waals surface area contributed by atoms with Crippen molar-refractivity contribution in [3.63, 3.8) is 0 Å². The van der Waals surface area contributed by atoms with Crippen LogP contribution >= 0.6 is 0 Å². The first kappa shape index (κ1) is 11.4. The maximum atomic E-state index is 5.41. The minimum Gasteiger partial charge on any atom is -0.381 e. The summed E-state index contributed by atoms with van der Waals surface area (Å²) in [5.41, 5.74) is 0. The summed E-state index contributed by atoms with van der Waals surface area (Å²) in [5, 5.41) is 3.57. The molecule has 0 radical (unpaired) electrons. The van der Waals surface area contributed by atoms with Gasteiger partial charge in [-0.15, -0.1) is 0 Å². The van der Waals surface area contributed by atoms with Gasteiger partial charge in [0.1, 0.15) is 0 Å². The molecule has 0 amide bonds. The van der Waals surface area contributed by atoms with E-state index in [-0.39, 0.29) is 0 Å². The van der Waals surface area contributed by atoms with Gasteiger partial charge in [-0.2, -0.15) is 0 Å². The van der Waals surface area contributed by atoms with Crippen LogP contribution in [0.3, 0.4) is 0 Å². The topological polar surface area (TPSA) is 24.5 Å². The second-order valence-electron chi connectivity index (χ2n) is 5.25. The number of nitrogens with zero attached hydrogens (tertiary/aromatic N) is 1. The molecule has 2 aliphatic rings. The zero-order valence-electron chi connectivity index (χ0n) is 10.0. The highest BCUT2D eigenvalue weighted by molar-refractivity contribution is 4.81. The first-order valence-corrected chi connectivity index (χ1v) is 6.30. The Morgan fingerprint density at radius 2 is 2.00 bits per heavy atom. The van der Waals surface area contributed by atoms with Crippen LogP contribution < -0.4 is 5.32 Å². The van der Waals surface area contributed by atoms with Crippen LogP contribution in [0.4, 0.5) is 0 Å². The Bertz CT molecular complexity index is 182. The van der Waals surface area contributed by atoms with Gasteiger partial charge in [-0.3, -0.25) is 0 Å². The maximum absolute atomic E-state index is 5.41. The zero-order valence-corrected chi connectivity index (χ0v) is 10.0. The Morgan fingerprint density at radius 1 is 1.27 bits per heavy atom. The van der Waals surface area contributed by atoms with Gasteiger partial charge in [0.2, 0.25) is 0 Å². The molecule has 3 atom stereocenters. The summed E-state index contributed by atoms with van der Waals surface area (Å²) in [6, 6.07) is 1.29. The molecule has 2 rings (SSSR count). The summed E-state index contributed by atoms with van der Waals surface area (Å²) < 4.78 is 5.41. The summed E-state index contributed by atoms with van der Waals surface area (Å²) in [4.78, 5) is 2.60. The monoisotopic (exact) mass is 212 g/mol.